The largest absolute Gasteiger partial charge is 0.459 e. The molecule has 0 aliphatic rings. The van der Waals surface area contributed by atoms with Crippen LogP contribution in [0.1, 0.15) is 11.3 Å². The number of furan rings is 1. The number of rotatable bonds is 4. The van der Waals surface area contributed by atoms with Crippen LogP contribution in [0, 0.1) is 13.8 Å². The van der Waals surface area contributed by atoms with Crippen molar-refractivity contribution in [3.63, 3.8) is 0 Å². The van der Waals surface area contributed by atoms with Crippen LogP contribution < -0.4 is 5.48 Å². The fraction of sp³-hybridized carbons (Fsp3) is 0.100. The van der Waals surface area contributed by atoms with E-state index in [1.54, 1.807) is 19.1 Å². The smallest absolute Gasteiger partial charge is 0.317 e. The van der Waals surface area contributed by atoms with Crippen LogP contribution in [0.25, 0.3) is 21.7 Å². The van der Waals surface area contributed by atoms with E-state index in [1.165, 1.54) is 12.1 Å². The number of hydrogen-bond donors (Lipinski definition) is 1. The molecule has 4 rings (SSSR count). The van der Waals surface area contributed by atoms with Gasteiger partial charge in [-0.25, -0.2) is 5.48 Å². The third-order valence-electron chi connectivity index (χ3n) is 4.37. The van der Waals surface area contributed by atoms with Gasteiger partial charge in [-0.2, -0.15) is 8.42 Å². The zero-order valence-corrected chi connectivity index (χ0v) is 17.0. The Morgan fingerprint density at radius 3 is 2.48 bits per heavy atom. The van der Waals surface area contributed by atoms with Crippen LogP contribution in [-0.4, -0.2) is 8.42 Å². The fourth-order valence-electron chi connectivity index (χ4n) is 2.99. The second kappa shape index (κ2) is 6.67. The van der Waals surface area contributed by atoms with Crippen molar-refractivity contribution in [1.82, 2.24) is 0 Å². The van der Waals surface area contributed by atoms with E-state index in [9.17, 15) is 8.42 Å². The van der Waals surface area contributed by atoms with Gasteiger partial charge in [0.05, 0.1) is 10.3 Å². The second-order valence-corrected chi connectivity index (χ2v) is 8.75. The molecule has 0 unspecified atom stereocenters. The summed E-state index contributed by atoms with van der Waals surface area (Å²) in [6.07, 6.45) is 0. The van der Waals surface area contributed by atoms with Crippen molar-refractivity contribution in [2.45, 2.75) is 18.7 Å². The van der Waals surface area contributed by atoms with Gasteiger partial charge in [-0.3, -0.25) is 0 Å². The predicted octanol–water partition coefficient (Wildman–Crippen LogP) is 5.70. The average Bonchev–Trinajstić information content (AvgIpc) is 2.95. The SMILES string of the molecule is Cc1ccc(S(=O)(=O)ONc2c(C)oc3ccc4cc(Br)ccc4c23)cc1. The van der Waals surface area contributed by atoms with Crippen molar-refractivity contribution >= 4 is 53.5 Å². The number of benzene rings is 3. The van der Waals surface area contributed by atoms with Gasteiger partial charge < -0.3 is 4.42 Å². The molecule has 1 aromatic heterocycles. The molecule has 4 aromatic rings. The lowest BCUT2D eigenvalue weighted by Crippen LogP contribution is -2.12. The van der Waals surface area contributed by atoms with Crippen molar-refractivity contribution in [2.75, 3.05) is 5.48 Å². The summed E-state index contributed by atoms with van der Waals surface area (Å²) in [4.78, 5) is 0.0832. The molecule has 1 N–H and O–H groups in total. The lowest BCUT2D eigenvalue weighted by Gasteiger charge is -2.08. The summed E-state index contributed by atoms with van der Waals surface area (Å²) in [5, 5.41) is 2.71. The summed E-state index contributed by atoms with van der Waals surface area (Å²) in [7, 11) is -3.96. The van der Waals surface area contributed by atoms with Gasteiger partial charge in [-0.1, -0.05) is 45.8 Å². The van der Waals surface area contributed by atoms with Crippen molar-refractivity contribution in [3.8, 4) is 0 Å². The van der Waals surface area contributed by atoms with E-state index in [-0.39, 0.29) is 4.90 Å². The topological polar surface area (TPSA) is 68.5 Å². The molecule has 7 heteroatoms. The summed E-state index contributed by atoms with van der Waals surface area (Å²) in [6, 6.07) is 16.2. The number of halogens is 1. The van der Waals surface area contributed by atoms with Crippen molar-refractivity contribution < 1.29 is 17.1 Å². The van der Waals surface area contributed by atoms with Gasteiger partial charge in [0.2, 0.25) is 0 Å². The standard InChI is InChI=1S/C20H16BrNO4S/c1-12-3-7-16(8-4-12)27(23,24)26-22-20-13(2)25-18-10-5-14-11-15(21)6-9-17(14)19(18)20/h3-11,22H,1-2H3. The zero-order chi connectivity index (χ0) is 19.2. The quantitative estimate of drug-likeness (QED) is 0.408. The van der Waals surface area contributed by atoms with E-state index in [1.807, 2.05) is 37.3 Å². The molecule has 0 fully saturated rings. The molecule has 1 heterocycles. The molecule has 0 atom stereocenters. The van der Waals surface area contributed by atoms with Gasteiger partial charge >= 0.3 is 10.1 Å². The fourth-order valence-corrected chi connectivity index (χ4v) is 4.13. The first kappa shape index (κ1) is 18.0. The molecule has 0 saturated carbocycles. The maximum Gasteiger partial charge on any atom is 0.317 e. The number of nitrogens with one attached hydrogen (secondary N) is 1. The van der Waals surface area contributed by atoms with Crippen LogP contribution in [-0.2, 0) is 14.4 Å². The van der Waals surface area contributed by atoms with Crippen LogP contribution in [0.5, 0.6) is 0 Å². The van der Waals surface area contributed by atoms with Crippen LogP contribution in [0.4, 0.5) is 5.69 Å². The van der Waals surface area contributed by atoms with Gasteiger partial charge in [0.15, 0.2) is 0 Å². The normalized spacial score (nSPS) is 12.0. The molecular weight excluding hydrogens is 430 g/mol. The monoisotopic (exact) mass is 445 g/mol. The number of fused-ring (bicyclic) bond motifs is 3. The van der Waals surface area contributed by atoms with Gasteiger partial charge in [0, 0.05) is 4.47 Å². The Kier molecular flexibility index (Phi) is 4.46. The molecule has 0 saturated heterocycles. The van der Waals surface area contributed by atoms with Crippen LogP contribution in [0.15, 0.2) is 68.4 Å². The molecular formula is C20H16BrNO4S. The summed E-state index contributed by atoms with van der Waals surface area (Å²) < 4.78 is 36.8. The van der Waals surface area contributed by atoms with Crippen molar-refractivity contribution in [1.29, 1.82) is 0 Å². The average molecular weight is 446 g/mol. The van der Waals surface area contributed by atoms with Crippen LogP contribution in [0.2, 0.25) is 0 Å². The van der Waals surface area contributed by atoms with Gasteiger partial charge in [0.1, 0.15) is 17.0 Å². The maximum absolute atomic E-state index is 12.5. The maximum atomic E-state index is 12.5. The lowest BCUT2D eigenvalue weighted by molar-refractivity contribution is 0.389. The molecule has 3 aromatic carbocycles. The molecule has 138 valence electrons. The molecule has 5 nitrogen and oxygen atoms in total. The molecule has 0 aliphatic carbocycles. The van der Waals surface area contributed by atoms with Gasteiger partial charge in [0.25, 0.3) is 0 Å². The van der Waals surface area contributed by atoms with E-state index in [4.69, 9.17) is 8.70 Å². The highest BCUT2D eigenvalue weighted by atomic mass is 79.9. The summed E-state index contributed by atoms with van der Waals surface area (Å²) in [5.74, 6) is 0.541. The molecule has 0 bridgehead atoms. The molecule has 0 radical (unpaired) electrons. The van der Waals surface area contributed by atoms with Gasteiger partial charge in [-0.05, 0) is 55.0 Å². The van der Waals surface area contributed by atoms with Crippen LogP contribution in [0.3, 0.4) is 0 Å². The number of anilines is 1. The third kappa shape index (κ3) is 3.34. The van der Waals surface area contributed by atoms with E-state index >= 15 is 0 Å². The lowest BCUT2D eigenvalue weighted by atomic mass is 10.1. The van der Waals surface area contributed by atoms with Crippen molar-refractivity contribution in [2.24, 2.45) is 0 Å². The number of aryl methyl sites for hydroxylation is 2. The Morgan fingerprint density at radius 2 is 1.74 bits per heavy atom. The summed E-state index contributed by atoms with van der Waals surface area (Å²) in [5.41, 5.74) is 4.72. The van der Waals surface area contributed by atoms with E-state index in [0.717, 1.165) is 26.2 Å². The first-order valence-corrected chi connectivity index (χ1v) is 10.4. The summed E-state index contributed by atoms with van der Waals surface area (Å²) in [6.45, 7) is 3.65. The Balaban J connectivity index is 1.75. The molecule has 0 aliphatic heterocycles. The highest BCUT2D eigenvalue weighted by molar-refractivity contribution is 9.10. The predicted molar refractivity (Wildman–Crippen MR) is 109 cm³/mol. The number of hydrogen-bond acceptors (Lipinski definition) is 5. The van der Waals surface area contributed by atoms with Crippen LogP contribution >= 0.6 is 15.9 Å². The highest BCUT2D eigenvalue weighted by Gasteiger charge is 2.19. The Morgan fingerprint density at radius 1 is 1.00 bits per heavy atom. The second-order valence-electron chi connectivity index (χ2n) is 6.29. The van der Waals surface area contributed by atoms with E-state index in [2.05, 4.69) is 21.4 Å². The minimum Gasteiger partial charge on any atom is -0.459 e. The Labute approximate surface area is 165 Å². The molecule has 0 amide bonds. The minimum atomic E-state index is -3.96. The third-order valence-corrected chi connectivity index (χ3v) is 6.02. The molecule has 27 heavy (non-hydrogen) atoms. The first-order valence-electron chi connectivity index (χ1n) is 8.23. The Bertz CT molecular complexity index is 1260. The van der Waals surface area contributed by atoms with E-state index < -0.39 is 10.1 Å². The van der Waals surface area contributed by atoms with Gasteiger partial charge in [-0.15, -0.1) is 4.28 Å². The van der Waals surface area contributed by atoms with Crippen molar-refractivity contribution in [3.05, 3.63) is 70.4 Å². The highest BCUT2D eigenvalue weighted by Crippen LogP contribution is 2.37. The minimum absolute atomic E-state index is 0.0832. The molecule has 0 spiro atoms. The Hall–Kier alpha value is -2.35. The first-order chi connectivity index (χ1) is 12.8. The zero-order valence-electron chi connectivity index (χ0n) is 14.6. The van der Waals surface area contributed by atoms with E-state index in [0.29, 0.717) is 17.0 Å². The summed E-state index contributed by atoms with van der Waals surface area (Å²) >= 11 is 3.46.